The summed E-state index contributed by atoms with van der Waals surface area (Å²) in [6.07, 6.45) is 4.71. The van der Waals surface area contributed by atoms with Gasteiger partial charge >= 0.3 is 0 Å². The van der Waals surface area contributed by atoms with E-state index in [9.17, 15) is 9.18 Å². The number of hydrogen-bond acceptors (Lipinski definition) is 3. The number of amides is 1. The number of aromatic nitrogens is 4. The molecular formula is C16H15ClFN5O. The third-order valence-electron chi connectivity index (χ3n) is 3.40. The zero-order valence-electron chi connectivity index (χ0n) is 12.9. The summed E-state index contributed by atoms with van der Waals surface area (Å²) in [5, 5.41) is 11.2. The van der Waals surface area contributed by atoms with E-state index in [1.54, 1.807) is 33.9 Å². The topological polar surface area (TPSA) is 64.7 Å². The maximum atomic E-state index is 13.2. The van der Waals surface area contributed by atoms with Crippen molar-refractivity contribution in [2.45, 2.75) is 20.0 Å². The van der Waals surface area contributed by atoms with Crippen molar-refractivity contribution >= 4 is 23.3 Å². The number of benzene rings is 1. The molecule has 0 atom stereocenters. The molecule has 1 N–H and O–H groups in total. The van der Waals surface area contributed by atoms with Crippen LogP contribution in [0.3, 0.4) is 0 Å². The average Bonchev–Trinajstić information content (AvgIpc) is 3.15. The fourth-order valence-electron chi connectivity index (χ4n) is 2.22. The standard InChI is InChI=1S/C16H15ClFN5O/c1-2-22-9-12(7-19-22)16(24)20-15-14(17)10-23(21-15)8-11-4-3-5-13(18)6-11/h3-7,9-10H,2,8H2,1H3,(H,20,21,24). The molecule has 0 unspecified atom stereocenters. The smallest absolute Gasteiger partial charge is 0.260 e. The van der Waals surface area contributed by atoms with Gasteiger partial charge < -0.3 is 5.32 Å². The number of carbonyl (C=O) groups is 1. The third-order valence-corrected chi connectivity index (χ3v) is 3.68. The zero-order chi connectivity index (χ0) is 17.1. The number of hydrogen-bond donors (Lipinski definition) is 1. The lowest BCUT2D eigenvalue weighted by Gasteiger charge is -2.02. The highest BCUT2D eigenvalue weighted by molar-refractivity contribution is 6.33. The van der Waals surface area contributed by atoms with E-state index in [-0.39, 0.29) is 17.5 Å². The van der Waals surface area contributed by atoms with Crippen molar-refractivity contribution < 1.29 is 9.18 Å². The Hall–Kier alpha value is -2.67. The highest BCUT2D eigenvalue weighted by atomic mass is 35.5. The molecule has 0 radical (unpaired) electrons. The van der Waals surface area contributed by atoms with Crippen molar-refractivity contribution in [1.29, 1.82) is 0 Å². The van der Waals surface area contributed by atoms with Gasteiger partial charge in [0.05, 0.1) is 18.3 Å². The average molecular weight is 348 g/mol. The Kier molecular flexibility index (Phi) is 4.61. The molecule has 0 aliphatic heterocycles. The van der Waals surface area contributed by atoms with Crippen LogP contribution in [-0.2, 0) is 13.1 Å². The Balaban J connectivity index is 1.73. The van der Waals surface area contributed by atoms with Crippen LogP contribution in [0.2, 0.25) is 5.02 Å². The Morgan fingerprint density at radius 1 is 1.33 bits per heavy atom. The van der Waals surface area contributed by atoms with Crippen molar-refractivity contribution in [2.24, 2.45) is 0 Å². The normalized spacial score (nSPS) is 10.8. The summed E-state index contributed by atoms with van der Waals surface area (Å²) in [6.45, 7) is 2.96. The molecule has 2 aromatic heterocycles. The van der Waals surface area contributed by atoms with Crippen LogP contribution >= 0.6 is 11.6 Å². The van der Waals surface area contributed by atoms with Gasteiger partial charge in [0.2, 0.25) is 0 Å². The molecule has 8 heteroatoms. The van der Waals surface area contributed by atoms with Gasteiger partial charge in [-0.15, -0.1) is 0 Å². The van der Waals surface area contributed by atoms with Gasteiger partial charge in [0.25, 0.3) is 5.91 Å². The second-order valence-electron chi connectivity index (χ2n) is 5.19. The molecule has 0 spiro atoms. The van der Waals surface area contributed by atoms with Crippen LogP contribution in [0.1, 0.15) is 22.8 Å². The van der Waals surface area contributed by atoms with Crippen molar-refractivity contribution in [3.8, 4) is 0 Å². The summed E-state index contributed by atoms with van der Waals surface area (Å²) in [4.78, 5) is 12.2. The van der Waals surface area contributed by atoms with Gasteiger partial charge in [-0.2, -0.15) is 10.2 Å². The molecule has 0 fully saturated rings. The Labute approximate surface area is 142 Å². The van der Waals surface area contributed by atoms with Gasteiger partial charge in [-0.25, -0.2) is 4.39 Å². The minimum Gasteiger partial charge on any atom is -0.304 e. The molecule has 0 aliphatic carbocycles. The largest absolute Gasteiger partial charge is 0.304 e. The fourth-order valence-corrected chi connectivity index (χ4v) is 2.42. The highest BCUT2D eigenvalue weighted by Crippen LogP contribution is 2.21. The first-order valence-electron chi connectivity index (χ1n) is 7.36. The van der Waals surface area contributed by atoms with E-state index in [1.807, 2.05) is 6.92 Å². The predicted octanol–water partition coefficient (Wildman–Crippen LogP) is 3.19. The number of anilines is 1. The minimum absolute atomic E-state index is 0.252. The van der Waals surface area contributed by atoms with Gasteiger partial charge in [0.1, 0.15) is 10.8 Å². The Morgan fingerprint density at radius 3 is 2.88 bits per heavy atom. The first kappa shape index (κ1) is 16.2. The van der Waals surface area contributed by atoms with Gasteiger partial charge in [-0.05, 0) is 24.6 Å². The quantitative estimate of drug-likeness (QED) is 0.770. The first-order valence-corrected chi connectivity index (χ1v) is 7.74. The lowest BCUT2D eigenvalue weighted by molar-refractivity contribution is 0.102. The Morgan fingerprint density at radius 2 is 2.17 bits per heavy atom. The van der Waals surface area contributed by atoms with Crippen molar-refractivity contribution in [1.82, 2.24) is 19.6 Å². The maximum absolute atomic E-state index is 13.2. The van der Waals surface area contributed by atoms with Gasteiger partial charge in [0.15, 0.2) is 5.82 Å². The number of nitrogens with zero attached hydrogens (tertiary/aromatic N) is 4. The summed E-state index contributed by atoms with van der Waals surface area (Å²) in [7, 11) is 0. The van der Waals surface area contributed by atoms with E-state index in [1.165, 1.54) is 18.3 Å². The summed E-state index contributed by atoms with van der Waals surface area (Å²) >= 11 is 6.11. The molecular weight excluding hydrogens is 333 g/mol. The number of nitrogens with one attached hydrogen (secondary N) is 1. The maximum Gasteiger partial charge on any atom is 0.260 e. The van der Waals surface area contributed by atoms with E-state index in [2.05, 4.69) is 15.5 Å². The molecule has 6 nitrogen and oxygen atoms in total. The van der Waals surface area contributed by atoms with Crippen LogP contribution in [0.25, 0.3) is 0 Å². The van der Waals surface area contributed by atoms with Crippen molar-refractivity contribution in [2.75, 3.05) is 5.32 Å². The van der Waals surface area contributed by atoms with Crippen LogP contribution in [0, 0.1) is 5.82 Å². The number of rotatable bonds is 5. The monoisotopic (exact) mass is 347 g/mol. The molecule has 24 heavy (non-hydrogen) atoms. The lowest BCUT2D eigenvalue weighted by atomic mass is 10.2. The molecule has 2 heterocycles. The van der Waals surface area contributed by atoms with Gasteiger partial charge in [-0.1, -0.05) is 23.7 Å². The molecule has 124 valence electrons. The molecule has 0 saturated heterocycles. The lowest BCUT2D eigenvalue weighted by Crippen LogP contribution is -2.12. The van der Waals surface area contributed by atoms with Crippen LogP contribution in [0.15, 0.2) is 42.9 Å². The SMILES string of the molecule is CCn1cc(C(=O)Nc2nn(Cc3cccc(F)c3)cc2Cl)cn1. The summed E-state index contributed by atoms with van der Waals surface area (Å²) in [6, 6.07) is 6.22. The Bertz CT molecular complexity index is 873. The number of aryl methyl sites for hydroxylation is 1. The third kappa shape index (κ3) is 3.62. The van der Waals surface area contributed by atoms with E-state index in [4.69, 9.17) is 11.6 Å². The van der Waals surface area contributed by atoms with Crippen molar-refractivity contribution in [3.63, 3.8) is 0 Å². The number of halogens is 2. The van der Waals surface area contributed by atoms with E-state index in [0.717, 1.165) is 5.56 Å². The van der Waals surface area contributed by atoms with Crippen LogP contribution in [0.4, 0.5) is 10.2 Å². The van der Waals surface area contributed by atoms with Gasteiger partial charge in [-0.3, -0.25) is 14.2 Å². The van der Waals surface area contributed by atoms with Crippen LogP contribution < -0.4 is 5.32 Å². The minimum atomic E-state index is -0.340. The molecule has 0 aliphatic rings. The van der Waals surface area contributed by atoms with Crippen LogP contribution in [-0.4, -0.2) is 25.5 Å². The van der Waals surface area contributed by atoms with Crippen molar-refractivity contribution in [3.05, 3.63) is 64.8 Å². The first-order chi connectivity index (χ1) is 11.5. The number of carbonyl (C=O) groups excluding carboxylic acids is 1. The van der Waals surface area contributed by atoms with E-state index in [0.29, 0.717) is 23.7 Å². The molecule has 3 rings (SSSR count). The summed E-state index contributed by atoms with van der Waals surface area (Å²) in [5.41, 5.74) is 1.17. The van der Waals surface area contributed by atoms with E-state index < -0.39 is 0 Å². The zero-order valence-corrected chi connectivity index (χ0v) is 13.7. The van der Waals surface area contributed by atoms with Crippen LogP contribution in [0.5, 0.6) is 0 Å². The second kappa shape index (κ2) is 6.84. The highest BCUT2D eigenvalue weighted by Gasteiger charge is 2.14. The molecule has 0 saturated carbocycles. The predicted molar refractivity (Wildman–Crippen MR) is 88.6 cm³/mol. The molecule has 3 aromatic rings. The molecule has 1 aromatic carbocycles. The fraction of sp³-hybridized carbons (Fsp3) is 0.188. The second-order valence-corrected chi connectivity index (χ2v) is 5.60. The summed E-state index contributed by atoms with van der Waals surface area (Å²) in [5.74, 6) is -0.401. The molecule has 0 bridgehead atoms. The van der Waals surface area contributed by atoms with E-state index >= 15 is 0 Å². The molecule has 1 amide bonds. The van der Waals surface area contributed by atoms with Gasteiger partial charge in [0, 0.05) is 18.9 Å². The summed E-state index contributed by atoms with van der Waals surface area (Å²) < 4.78 is 16.4.